The highest BCUT2D eigenvalue weighted by molar-refractivity contribution is 5.94. The molecule has 0 atom stereocenters. The van der Waals surface area contributed by atoms with Gasteiger partial charge in [0, 0.05) is 36.9 Å². The van der Waals surface area contributed by atoms with Crippen molar-refractivity contribution in [1.29, 1.82) is 0 Å². The second-order valence-corrected chi connectivity index (χ2v) is 8.39. The van der Waals surface area contributed by atoms with Gasteiger partial charge in [-0.3, -0.25) is 14.4 Å². The van der Waals surface area contributed by atoms with E-state index in [-0.39, 0.29) is 49.9 Å². The molecule has 188 valence electrons. The second kappa shape index (κ2) is 13.0. The number of rotatable bonds is 13. The van der Waals surface area contributed by atoms with Crippen LogP contribution in [0.4, 0.5) is 11.4 Å². The molecule has 1 aliphatic carbocycles. The SMILES string of the molecule is CCCOCC(=O)Nc1ccc2c(c1)C(COC(=O)CC)c1cc(NC(=O)COCCC)ccc1-2. The van der Waals surface area contributed by atoms with E-state index < -0.39 is 0 Å². The molecular formula is C27H34N2O6. The summed E-state index contributed by atoms with van der Waals surface area (Å²) in [6, 6.07) is 11.4. The fraction of sp³-hybridized carbons (Fsp3) is 0.444. The maximum absolute atomic E-state index is 12.2. The normalized spacial score (nSPS) is 12.1. The molecule has 8 nitrogen and oxygen atoms in total. The Kier molecular flexibility index (Phi) is 9.81. The maximum atomic E-state index is 12.2. The monoisotopic (exact) mass is 482 g/mol. The number of esters is 1. The third-order valence-electron chi connectivity index (χ3n) is 5.57. The number of anilines is 2. The van der Waals surface area contributed by atoms with Crippen molar-refractivity contribution < 1.29 is 28.6 Å². The third-order valence-corrected chi connectivity index (χ3v) is 5.57. The highest BCUT2D eigenvalue weighted by Gasteiger charge is 2.30. The van der Waals surface area contributed by atoms with E-state index in [9.17, 15) is 14.4 Å². The van der Waals surface area contributed by atoms with Crippen LogP contribution < -0.4 is 10.6 Å². The predicted molar refractivity (Wildman–Crippen MR) is 134 cm³/mol. The van der Waals surface area contributed by atoms with E-state index in [0.29, 0.717) is 24.6 Å². The average molecular weight is 483 g/mol. The molecule has 0 bridgehead atoms. The summed E-state index contributed by atoms with van der Waals surface area (Å²) < 4.78 is 16.2. The quantitative estimate of drug-likeness (QED) is 0.322. The van der Waals surface area contributed by atoms with Crippen molar-refractivity contribution in [3.8, 4) is 11.1 Å². The van der Waals surface area contributed by atoms with Gasteiger partial charge in [0.15, 0.2) is 0 Å². The van der Waals surface area contributed by atoms with Gasteiger partial charge in [-0.1, -0.05) is 32.9 Å². The van der Waals surface area contributed by atoms with E-state index in [1.54, 1.807) is 6.92 Å². The molecule has 0 saturated carbocycles. The Morgan fingerprint density at radius 2 is 1.26 bits per heavy atom. The zero-order valence-corrected chi connectivity index (χ0v) is 20.6. The van der Waals surface area contributed by atoms with Gasteiger partial charge < -0.3 is 24.8 Å². The van der Waals surface area contributed by atoms with Crippen molar-refractivity contribution >= 4 is 29.2 Å². The van der Waals surface area contributed by atoms with Crippen LogP contribution >= 0.6 is 0 Å². The molecule has 0 heterocycles. The number of nitrogens with one attached hydrogen (secondary N) is 2. The van der Waals surface area contributed by atoms with Crippen LogP contribution in [0.2, 0.25) is 0 Å². The molecule has 0 spiro atoms. The summed E-state index contributed by atoms with van der Waals surface area (Å²) in [7, 11) is 0. The van der Waals surface area contributed by atoms with E-state index >= 15 is 0 Å². The van der Waals surface area contributed by atoms with Gasteiger partial charge in [-0.05, 0) is 59.4 Å². The van der Waals surface area contributed by atoms with Crippen molar-refractivity contribution in [2.45, 2.75) is 46.0 Å². The molecule has 0 unspecified atom stereocenters. The summed E-state index contributed by atoms with van der Waals surface area (Å²) in [4.78, 5) is 36.4. The zero-order chi connectivity index (χ0) is 25.2. The van der Waals surface area contributed by atoms with Crippen molar-refractivity contribution in [1.82, 2.24) is 0 Å². The van der Waals surface area contributed by atoms with Crippen LogP contribution in [-0.4, -0.2) is 50.8 Å². The lowest BCUT2D eigenvalue weighted by Gasteiger charge is -2.16. The lowest BCUT2D eigenvalue weighted by atomic mass is 9.97. The first kappa shape index (κ1) is 26.4. The average Bonchev–Trinajstić information content (AvgIpc) is 3.14. The zero-order valence-electron chi connectivity index (χ0n) is 20.6. The minimum Gasteiger partial charge on any atom is -0.465 e. The number of carbonyl (C=O) groups excluding carboxylic acids is 3. The molecule has 2 aromatic rings. The predicted octanol–water partition coefficient (Wildman–Crippen LogP) is 4.48. The number of hydrogen-bond donors (Lipinski definition) is 2. The maximum Gasteiger partial charge on any atom is 0.305 e. The fourth-order valence-electron chi connectivity index (χ4n) is 3.99. The fourth-order valence-corrected chi connectivity index (χ4v) is 3.99. The van der Waals surface area contributed by atoms with Crippen LogP contribution in [0, 0.1) is 0 Å². The summed E-state index contributed by atoms with van der Waals surface area (Å²) in [5, 5.41) is 5.75. The minimum absolute atomic E-state index is 0.00623. The summed E-state index contributed by atoms with van der Waals surface area (Å²) >= 11 is 0. The van der Waals surface area contributed by atoms with Gasteiger partial charge in [-0.15, -0.1) is 0 Å². The number of fused-ring (bicyclic) bond motifs is 3. The van der Waals surface area contributed by atoms with Crippen LogP contribution in [0.1, 0.15) is 57.1 Å². The Morgan fingerprint density at radius 1 is 0.771 bits per heavy atom. The van der Waals surface area contributed by atoms with Crippen molar-refractivity contribution in [2.75, 3.05) is 43.7 Å². The molecule has 8 heteroatoms. The Bertz CT molecular complexity index is 978. The molecule has 0 fully saturated rings. The summed E-state index contributed by atoms with van der Waals surface area (Å²) in [6.07, 6.45) is 1.97. The number of ether oxygens (including phenoxy) is 3. The molecule has 2 amide bonds. The number of benzene rings is 2. The van der Waals surface area contributed by atoms with Crippen LogP contribution in [0.3, 0.4) is 0 Å². The van der Waals surface area contributed by atoms with Gasteiger partial charge in [-0.25, -0.2) is 0 Å². The van der Waals surface area contributed by atoms with Crippen molar-refractivity contribution in [2.24, 2.45) is 0 Å². The van der Waals surface area contributed by atoms with E-state index in [1.807, 2.05) is 50.2 Å². The molecule has 3 rings (SSSR count). The molecule has 35 heavy (non-hydrogen) atoms. The molecule has 2 aromatic carbocycles. The largest absolute Gasteiger partial charge is 0.465 e. The summed E-state index contributed by atoms with van der Waals surface area (Å²) in [6.45, 7) is 6.93. The lowest BCUT2D eigenvalue weighted by molar-refractivity contribution is -0.143. The molecular weight excluding hydrogens is 448 g/mol. The third kappa shape index (κ3) is 7.13. The van der Waals surface area contributed by atoms with Gasteiger partial charge in [0.1, 0.15) is 19.8 Å². The second-order valence-electron chi connectivity index (χ2n) is 8.39. The van der Waals surface area contributed by atoms with E-state index in [2.05, 4.69) is 10.6 Å². The van der Waals surface area contributed by atoms with Gasteiger partial charge >= 0.3 is 5.97 Å². The standard InChI is InChI=1S/C27H34N2O6/c1-4-11-33-16-25(30)28-18-7-9-20-21-10-8-19(29-26(31)17-34-12-5-2)14-23(21)24(22(20)13-18)15-35-27(32)6-3/h7-10,13-14,24H,4-6,11-12,15-17H2,1-3H3,(H,28,30)(H,29,31). The first-order valence-corrected chi connectivity index (χ1v) is 12.2. The Morgan fingerprint density at radius 3 is 1.69 bits per heavy atom. The van der Waals surface area contributed by atoms with Gasteiger partial charge in [0.05, 0.1) is 0 Å². The minimum atomic E-state index is -0.282. The smallest absolute Gasteiger partial charge is 0.305 e. The molecule has 2 N–H and O–H groups in total. The number of carbonyl (C=O) groups is 3. The van der Waals surface area contributed by atoms with Crippen molar-refractivity contribution in [3.05, 3.63) is 47.5 Å². The van der Waals surface area contributed by atoms with Crippen molar-refractivity contribution in [3.63, 3.8) is 0 Å². The molecule has 0 aliphatic heterocycles. The molecule has 1 aliphatic rings. The molecule has 0 aromatic heterocycles. The Labute approximate surface area is 206 Å². The highest BCUT2D eigenvalue weighted by Crippen LogP contribution is 2.46. The van der Waals surface area contributed by atoms with E-state index in [4.69, 9.17) is 14.2 Å². The topological polar surface area (TPSA) is 103 Å². The molecule has 0 radical (unpaired) electrons. The van der Waals surface area contributed by atoms with Gasteiger partial charge in [0.25, 0.3) is 0 Å². The summed E-state index contributed by atoms with van der Waals surface area (Å²) in [5.41, 5.74) is 5.20. The van der Waals surface area contributed by atoms with E-state index in [0.717, 1.165) is 35.1 Å². The van der Waals surface area contributed by atoms with Crippen LogP contribution in [0.5, 0.6) is 0 Å². The first-order chi connectivity index (χ1) is 17.0. The highest BCUT2D eigenvalue weighted by atomic mass is 16.5. The van der Waals surface area contributed by atoms with Gasteiger partial charge in [-0.2, -0.15) is 0 Å². The first-order valence-electron chi connectivity index (χ1n) is 12.2. The summed E-state index contributed by atoms with van der Waals surface area (Å²) in [5.74, 6) is -0.955. The van der Waals surface area contributed by atoms with Crippen LogP contribution in [0.15, 0.2) is 36.4 Å². The van der Waals surface area contributed by atoms with Gasteiger partial charge in [0.2, 0.25) is 11.8 Å². The van der Waals surface area contributed by atoms with Crippen LogP contribution in [0.25, 0.3) is 11.1 Å². The van der Waals surface area contributed by atoms with E-state index in [1.165, 1.54) is 0 Å². The van der Waals surface area contributed by atoms with Crippen LogP contribution in [-0.2, 0) is 28.6 Å². The number of hydrogen-bond acceptors (Lipinski definition) is 6. The molecule has 0 saturated heterocycles. The Hall–Kier alpha value is -3.23. The lowest BCUT2D eigenvalue weighted by Crippen LogP contribution is -2.19. The number of amides is 2. The Balaban J connectivity index is 1.82.